The van der Waals surface area contributed by atoms with Crippen molar-refractivity contribution in [2.45, 2.75) is 46.6 Å². The van der Waals surface area contributed by atoms with Gasteiger partial charge in [0.05, 0.1) is 11.4 Å². The van der Waals surface area contributed by atoms with E-state index in [1.807, 2.05) is 13.8 Å². The number of fused-ring (bicyclic) bond motifs is 1. The van der Waals surface area contributed by atoms with Gasteiger partial charge in [0.1, 0.15) is 17.7 Å². The highest BCUT2D eigenvalue weighted by Gasteiger charge is 2.21. The molecular formula is C15H19N3O3. The summed E-state index contributed by atoms with van der Waals surface area (Å²) in [5.74, 6) is -0.902. The van der Waals surface area contributed by atoms with Crippen LogP contribution in [-0.2, 0) is 9.53 Å². The molecular weight excluding hydrogens is 270 g/mol. The van der Waals surface area contributed by atoms with Gasteiger partial charge in [0.25, 0.3) is 0 Å². The molecule has 0 atom stereocenters. The van der Waals surface area contributed by atoms with E-state index >= 15 is 0 Å². The average Bonchev–Trinajstić information content (AvgIpc) is 2.69. The van der Waals surface area contributed by atoms with E-state index in [2.05, 4.69) is 9.97 Å². The lowest BCUT2D eigenvalue weighted by Gasteiger charge is -2.18. The molecule has 0 aromatic carbocycles. The zero-order valence-electron chi connectivity index (χ0n) is 12.9. The normalized spacial score (nSPS) is 11.7. The molecule has 6 heteroatoms. The first-order chi connectivity index (χ1) is 9.65. The number of aryl methyl sites for hydroxylation is 2. The van der Waals surface area contributed by atoms with Crippen LogP contribution in [0.5, 0.6) is 0 Å². The lowest BCUT2D eigenvalue weighted by atomic mass is 10.2. The van der Waals surface area contributed by atoms with Crippen LogP contribution in [0.15, 0.2) is 12.4 Å². The number of carbonyl (C=O) groups is 2. The number of hydrogen-bond donors (Lipinski definition) is 0. The van der Waals surface area contributed by atoms with Gasteiger partial charge >= 0.3 is 5.97 Å². The number of esters is 1. The van der Waals surface area contributed by atoms with Crippen LogP contribution in [-0.4, -0.2) is 31.7 Å². The molecule has 112 valence electrons. The second-order valence-electron chi connectivity index (χ2n) is 6.01. The molecule has 0 saturated carbocycles. The van der Waals surface area contributed by atoms with E-state index in [1.54, 1.807) is 37.6 Å². The minimum Gasteiger partial charge on any atom is -0.460 e. The van der Waals surface area contributed by atoms with Crippen molar-refractivity contribution in [2.75, 3.05) is 0 Å². The van der Waals surface area contributed by atoms with Crippen LogP contribution in [0.1, 0.15) is 49.1 Å². The van der Waals surface area contributed by atoms with Gasteiger partial charge in [0.2, 0.25) is 0 Å². The number of imidazole rings is 1. The number of Topliss-reactive ketones (excluding diaryl/α,β-unsaturated/α-hetero) is 1. The third kappa shape index (κ3) is 3.65. The summed E-state index contributed by atoms with van der Waals surface area (Å²) in [6, 6.07) is 0. The fraction of sp³-hybridized carbons (Fsp3) is 0.467. The Morgan fingerprint density at radius 1 is 1.19 bits per heavy atom. The van der Waals surface area contributed by atoms with Crippen LogP contribution in [0.25, 0.3) is 5.65 Å². The molecule has 0 N–H and O–H groups in total. The van der Waals surface area contributed by atoms with E-state index in [9.17, 15) is 9.59 Å². The Balaban J connectivity index is 2.20. The smallest absolute Gasteiger partial charge is 0.314 e. The summed E-state index contributed by atoms with van der Waals surface area (Å²) >= 11 is 0. The molecule has 0 spiro atoms. The van der Waals surface area contributed by atoms with Gasteiger partial charge in [0.15, 0.2) is 11.4 Å². The fourth-order valence-corrected chi connectivity index (χ4v) is 2.04. The van der Waals surface area contributed by atoms with Crippen LogP contribution >= 0.6 is 0 Å². The van der Waals surface area contributed by atoms with E-state index < -0.39 is 11.6 Å². The SMILES string of the molecule is Cc1cn2cc(C(=O)CC(=O)OC(C)(C)C)nc2c(C)n1. The minimum absolute atomic E-state index is 0.247. The summed E-state index contributed by atoms with van der Waals surface area (Å²) in [4.78, 5) is 32.3. The molecule has 2 rings (SSSR count). The summed E-state index contributed by atoms with van der Waals surface area (Å²) < 4.78 is 6.89. The summed E-state index contributed by atoms with van der Waals surface area (Å²) in [7, 11) is 0. The molecule has 0 unspecified atom stereocenters. The first-order valence-corrected chi connectivity index (χ1v) is 6.74. The van der Waals surface area contributed by atoms with Crippen LogP contribution in [0.3, 0.4) is 0 Å². The van der Waals surface area contributed by atoms with Gasteiger partial charge in [-0.1, -0.05) is 0 Å². The number of aromatic nitrogens is 3. The van der Waals surface area contributed by atoms with Crippen LogP contribution in [0, 0.1) is 13.8 Å². The van der Waals surface area contributed by atoms with E-state index in [-0.39, 0.29) is 17.9 Å². The van der Waals surface area contributed by atoms with Crippen molar-refractivity contribution in [3.05, 3.63) is 29.5 Å². The number of ketones is 1. The van der Waals surface area contributed by atoms with Gasteiger partial charge in [-0.05, 0) is 34.6 Å². The van der Waals surface area contributed by atoms with Gasteiger partial charge in [-0.25, -0.2) is 4.98 Å². The highest BCUT2D eigenvalue weighted by atomic mass is 16.6. The topological polar surface area (TPSA) is 73.6 Å². The predicted octanol–water partition coefficient (Wildman–Crippen LogP) is 2.26. The number of carbonyl (C=O) groups excluding carboxylic acids is 2. The Morgan fingerprint density at radius 2 is 1.86 bits per heavy atom. The second-order valence-corrected chi connectivity index (χ2v) is 6.01. The van der Waals surface area contributed by atoms with E-state index in [1.165, 1.54) is 0 Å². The van der Waals surface area contributed by atoms with Gasteiger partial charge in [-0.3, -0.25) is 14.6 Å². The quantitative estimate of drug-likeness (QED) is 0.492. The molecule has 0 fully saturated rings. The molecule has 21 heavy (non-hydrogen) atoms. The monoisotopic (exact) mass is 289 g/mol. The van der Waals surface area contributed by atoms with Gasteiger partial charge < -0.3 is 9.14 Å². The number of hydrogen-bond acceptors (Lipinski definition) is 5. The van der Waals surface area contributed by atoms with Gasteiger partial charge in [0, 0.05) is 12.4 Å². The molecule has 0 aliphatic heterocycles. The Morgan fingerprint density at radius 3 is 2.48 bits per heavy atom. The minimum atomic E-state index is -0.603. The maximum atomic E-state index is 12.1. The van der Waals surface area contributed by atoms with E-state index in [0.717, 1.165) is 11.4 Å². The molecule has 0 aliphatic rings. The maximum Gasteiger partial charge on any atom is 0.314 e. The van der Waals surface area contributed by atoms with Crippen molar-refractivity contribution in [3.63, 3.8) is 0 Å². The van der Waals surface area contributed by atoms with Crippen molar-refractivity contribution in [1.82, 2.24) is 14.4 Å². The van der Waals surface area contributed by atoms with E-state index in [0.29, 0.717) is 5.65 Å². The molecule has 2 aromatic rings. The summed E-state index contributed by atoms with van der Waals surface area (Å²) in [6.07, 6.45) is 3.09. The van der Waals surface area contributed by atoms with Gasteiger partial charge in [-0.15, -0.1) is 0 Å². The number of ether oxygens (including phenoxy) is 1. The number of nitrogens with zero attached hydrogens (tertiary/aromatic N) is 3. The van der Waals surface area contributed by atoms with Crippen molar-refractivity contribution in [3.8, 4) is 0 Å². The number of rotatable bonds is 3. The molecule has 0 radical (unpaired) electrons. The summed E-state index contributed by atoms with van der Waals surface area (Å²) in [5.41, 5.74) is 1.84. The van der Waals surface area contributed by atoms with Crippen molar-refractivity contribution in [2.24, 2.45) is 0 Å². The molecule has 0 amide bonds. The zero-order chi connectivity index (χ0) is 15.8. The summed E-state index contributed by atoms with van der Waals surface area (Å²) in [6.45, 7) is 8.99. The molecule has 2 heterocycles. The highest BCUT2D eigenvalue weighted by Crippen LogP contribution is 2.13. The first-order valence-electron chi connectivity index (χ1n) is 6.74. The molecule has 0 aliphatic carbocycles. The highest BCUT2D eigenvalue weighted by molar-refractivity contribution is 6.05. The standard InChI is InChI=1S/C15H19N3O3/c1-9-7-18-8-11(17-14(18)10(2)16-9)12(19)6-13(20)21-15(3,4)5/h7-8H,6H2,1-5H3. The third-order valence-electron chi connectivity index (χ3n) is 2.74. The maximum absolute atomic E-state index is 12.1. The third-order valence-corrected chi connectivity index (χ3v) is 2.74. The molecule has 0 saturated heterocycles. The van der Waals surface area contributed by atoms with Crippen molar-refractivity contribution >= 4 is 17.4 Å². The second kappa shape index (κ2) is 5.27. The largest absolute Gasteiger partial charge is 0.460 e. The Hall–Kier alpha value is -2.24. The van der Waals surface area contributed by atoms with Gasteiger partial charge in [-0.2, -0.15) is 0 Å². The van der Waals surface area contributed by atoms with Crippen LogP contribution < -0.4 is 0 Å². The van der Waals surface area contributed by atoms with Crippen LogP contribution in [0.2, 0.25) is 0 Å². The first kappa shape index (κ1) is 15.2. The Labute approximate surface area is 123 Å². The molecule has 6 nitrogen and oxygen atoms in total. The fourth-order valence-electron chi connectivity index (χ4n) is 2.04. The molecule has 0 bridgehead atoms. The van der Waals surface area contributed by atoms with Crippen molar-refractivity contribution < 1.29 is 14.3 Å². The van der Waals surface area contributed by atoms with E-state index in [4.69, 9.17) is 4.74 Å². The van der Waals surface area contributed by atoms with Crippen LogP contribution in [0.4, 0.5) is 0 Å². The Bertz CT molecular complexity index is 711. The summed E-state index contributed by atoms with van der Waals surface area (Å²) in [5, 5.41) is 0. The predicted molar refractivity (Wildman–Crippen MR) is 77.3 cm³/mol. The lowest BCUT2D eigenvalue weighted by Crippen LogP contribution is -2.25. The zero-order valence-corrected chi connectivity index (χ0v) is 12.9. The Kier molecular flexibility index (Phi) is 3.80. The lowest BCUT2D eigenvalue weighted by molar-refractivity contribution is -0.153. The molecule has 2 aromatic heterocycles. The average molecular weight is 289 g/mol. The van der Waals surface area contributed by atoms with Crippen molar-refractivity contribution in [1.29, 1.82) is 0 Å².